The van der Waals surface area contributed by atoms with Crippen LogP contribution in [0, 0.1) is 0 Å². The van der Waals surface area contributed by atoms with E-state index in [0.29, 0.717) is 0 Å². The molecule has 1 atom stereocenters. The molecule has 3 nitrogen and oxygen atoms in total. The Labute approximate surface area is 120 Å². The molecule has 1 aromatic heterocycles. The first kappa shape index (κ1) is 13.5. The van der Waals surface area contributed by atoms with E-state index in [1.54, 1.807) is 0 Å². The number of hydrogen-bond acceptors (Lipinski definition) is 3. The molecule has 0 amide bonds. The standard InChI is InChI=1S/C17H22N2O/c1-17(20)8-4-11-19(12-9-17)13-15-6-2-5-14-7-3-10-18-16(14)15/h2-3,5-7,10,20H,4,8-9,11-13H2,1H3. The maximum Gasteiger partial charge on any atom is 0.0746 e. The predicted molar refractivity (Wildman–Crippen MR) is 81.5 cm³/mol. The summed E-state index contributed by atoms with van der Waals surface area (Å²) in [6.45, 7) is 4.88. The van der Waals surface area contributed by atoms with Crippen molar-refractivity contribution >= 4 is 10.9 Å². The SMILES string of the molecule is CC1(O)CCCN(Cc2cccc3cccnc23)CC1. The molecule has 1 unspecified atom stereocenters. The fourth-order valence-electron chi connectivity index (χ4n) is 3.01. The van der Waals surface area contributed by atoms with E-state index >= 15 is 0 Å². The third-order valence-corrected chi connectivity index (χ3v) is 4.27. The largest absolute Gasteiger partial charge is 0.390 e. The van der Waals surface area contributed by atoms with Crippen molar-refractivity contribution in [3.05, 3.63) is 42.1 Å². The van der Waals surface area contributed by atoms with Crippen molar-refractivity contribution in [3.8, 4) is 0 Å². The first-order valence-corrected chi connectivity index (χ1v) is 7.41. The summed E-state index contributed by atoms with van der Waals surface area (Å²) in [4.78, 5) is 6.96. The van der Waals surface area contributed by atoms with Gasteiger partial charge in [-0.25, -0.2) is 0 Å². The van der Waals surface area contributed by atoms with Crippen LogP contribution < -0.4 is 0 Å². The summed E-state index contributed by atoms with van der Waals surface area (Å²) in [6.07, 6.45) is 4.67. The minimum absolute atomic E-state index is 0.494. The summed E-state index contributed by atoms with van der Waals surface area (Å²) in [6, 6.07) is 10.5. The van der Waals surface area contributed by atoms with Gasteiger partial charge in [-0.1, -0.05) is 24.3 Å². The molecule has 0 spiro atoms. The van der Waals surface area contributed by atoms with E-state index in [4.69, 9.17) is 0 Å². The second-order valence-corrected chi connectivity index (χ2v) is 6.12. The van der Waals surface area contributed by atoms with Crippen molar-refractivity contribution in [2.45, 2.75) is 38.3 Å². The maximum absolute atomic E-state index is 10.2. The molecular formula is C17H22N2O. The lowest BCUT2D eigenvalue weighted by Crippen LogP contribution is -2.28. The zero-order valence-electron chi connectivity index (χ0n) is 12.0. The van der Waals surface area contributed by atoms with Crippen LogP contribution in [0.1, 0.15) is 31.7 Å². The number of aromatic nitrogens is 1. The van der Waals surface area contributed by atoms with Crippen molar-refractivity contribution in [3.63, 3.8) is 0 Å². The Morgan fingerprint density at radius 3 is 2.95 bits per heavy atom. The number of rotatable bonds is 2. The van der Waals surface area contributed by atoms with Crippen LogP contribution in [0.15, 0.2) is 36.5 Å². The van der Waals surface area contributed by atoms with Crippen molar-refractivity contribution in [1.82, 2.24) is 9.88 Å². The smallest absolute Gasteiger partial charge is 0.0746 e. The number of nitrogens with zero attached hydrogens (tertiary/aromatic N) is 2. The average Bonchev–Trinajstić information content (AvgIpc) is 2.61. The van der Waals surface area contributed by atoms with Crippen molar-refractivity contribution in [1.29, 1.82) is 0 Å². The van der Waals surface area contributed by atoms with Gasteiger partial charge in [-0.2, -0.15) is 0 Å². The molecule has 3 rings (SSSR count). The van der Waals surface area contributed by atoms with Gasteiger partial charge in [-0.05, 0) is 44.4 Å². The summed E-state index contributed by atoms with van der Waals surface area (Å²) in [7, 11) is 0. The van der Waals surface area contributed by atoms with Gasteiger partial charge in [0.05, 0.1) is 11.1 Å². The van der Waals surface area contributed by atoms with Crippen LogP contribution in [0.3, 0.4) is 0 Å². The van der Waals surface area contributed by atoms with Gasteiger partial charge in [0.15, 0.2) is 0 Å². The molecule has 1 aliphatic rings. The summed E-state index contributed by atoms with van der Waals surface area (Å²) in [5.41, 5.74) is 1.89. The van der Waals surface area contributed by atoms with Gasteiger partial charge >= 0.3 is 0 Å². The van der Waals surface area contributed by atoms with Crippen LogP contribution in [0.5, 0.6) is 0 Å². The van der Waals surface area contributed by atoms with Gasteiger partial charge in [0, 0.05) is 24.7 Å². The first-order chi connectivity index (χ1) is 9.64. The quantitative estimate of drug-likeness (QED) is 0.911. The highest BCUT2D eigenvalue weighted by Gasteiger charge is 2.25. The molecule has 1 fully saturated rings. The molecule has 0 aliphatic carbocycles. The molecule has 0 saturated carbocycles. The molecule has 3 heteroatoms. The third-order valence-electron chi connectivity index (χ3n) is 4.27. The van der Waals surface area contributed by atoms with Crippen LogP contribution in [-0.2, 0) is 6.54 Å². The van der Waals surface area contributed by atoms with Crippen molar-refractivity contribution in [2.24, 2.45) is 0 Å². The molecule has 1 saturated heterocycles. The van der Waals surface area contributed by atoms with Gasteiger partial charge in [0.25, 0.3) is 0 Å². The molecule has 2 aromatic rings. The number of hydrogen-bond donors (Lipinski definition) is 1. The fourth-order valence-corrected chi connectivity index (χ4v) is 3.01. The zero-order chi connectivity index (χ0) is 14.0. The maximum atomic E-state index is 10.2. The molecule has 0 radical (unpaired) electrons. The number of aliphatic hydroxyl groups is 1. The monoisotopic (exact) mass is 270 g/mol. The topological polar surface area (TPSA) is 36.4 Å². The van der Waals surface area contributed by atoms with Crippen molar-refractivity contribution < 1.29 is 5.11 Å². The minimum atomic E-state index is -0.494. The lowest BCUT2D eigenvalue weighted by Gasteiger charge is -2.22. The van der Waals surface area contributed by atoms with Gasteiger partial charge < -0.3 is 5.11 Å². The van der Waals surface area contributed by atoms with E-state index in [2.05, 4.69) is 34.1 Å². The molecule has 0 bridgehead atoms. The first-order valence-electron chi connectivity index (χ1n) is 7.41. The van der Waals surface area contributed by atoms with Crippen LogP contribution >= 0.6 is 0 Å². The van der Waals surface area contributed by atoms with E-state index in [9.17, 15) is 5.11 Å². The second-order valence-electron chi connectivity index (χ2n) is 6.12. The Kier molecular flexibility index (Phi) is 3.72. The highest BCUT2D eigenvalue weighted by molar-refractivity contribution is 5.81. The molecular weight excluding hydrogens is 248 g/mol. The summed E-state index contributed by atoms with van der Waals surface area (Å²) < 4.78 is 0. The highest BCUT2D eigenvalue weighted by Crippen LogP contribution is 2.24. The van der Waals surface area contributed by atoms with Gasteiger partial charge in [-0.3, -0.25) is 9.88 Å². The van der Waals surface area contributed by atoms with E-state index in [1.807, 2.05) is 19.2 Å². The van der Waals surface area contributed by atoms with Gasteiger partial charge in [0.1, 0.15) is 0 Å². The Morgan fingerprint density at radius 1 is 1.20 bits per heavy atom. The average molecular weight is 270 g/mol. The van der Waals surface area contributed by atoms with E-state index < -0.39 is 5.60 Å². The van der Waals surface area contributed by atoms with Crippen LogP contribution in [0.4, 0.5) is 0 Å². The lowest BCUT2D eigenvalue weighted by atomic mass is 9.98. The molecule has 1 aliphatic heterocycles. The summed E-state index contributed by atoms with van der Waals surface area (Å²) in [5, 5.41) is 11.4. The summed E-state index contributed by atoms with van der Waals surface area (Å²) >= 11 is 0. The van der Waals surface area contributed by atoms with Crippen LogP contribution in [0.25, 0.3) is 10.9 Å². The van der Waals surface area contributed by atoms with Crippen LogP contribution in [-0.4, -0.2) is 33.7 Å². The number of likely N-dealkylation sites (tertiary alicyclic amines) is 1. The second kappa shape index (κ2) is 5.51. The Bertz CT molecular complexity index is 589. The van der Waals surface area contributed by atoms with E-state index in [-0.39, 0.29) is 0 Å². The number of para-hydroxylation sites is 1. The molecule has 1 aromatic carbocycles. The minimum Gasteiger partial charge on any atom is -0.390 e. The van der Waals surface area contributed by atoms with E-state index in [1.165, 1.54) is 10.9 Å². The van der Waals surface area contributed by atoms with Crippen LogP contribution in [0.2, 0.25) is 0 Å². The van der Waals surface area contributed by atoms with Crippen molar-refractivity contribution in [2.75, 3.05) is 13.1 Å². The van der Waals surface area contributed by atoms with Gasteiger partial charge in [0.2, 0.25) is 0 Å². The zero-order valence-corrected chi connectivity index (χ0v) is 12.0. The Morgan fingerprint density at radius 2 is 2.05 bits per heavy atom. The summed E-state index contributed by atoms with van der Waals surface area (Å²) in [5.74, 6) is 0. The lowest BCUT2D eigenvalue weighted by molar-refractivity contribution is 0.0444. The normalized spacial score (nSPS) is 24.7. The Hall–Kier alpha value is -1.45. The molecule has 1 N–H and O–H groups in total. The molecule has 20 heavy (non-hydrogen) atoms. The highest BCUT2D eigenvalue weighted by atomic mass is 16.3. The van der Waals surface area contributed by atoms with E-state index in [0.717, 1.165) is 44.4 Å². The Balaban J connectivity index is 1.79. The predicted octanol–water partition coefficient (Wildman–Crippen LogP) is 2.97. The number of pyridine rings is 1. The number of fused-ring (bicyclic) bond motifs is 1. The number of benzene rings is 1. The third kappa shape index (κ3) is 3.00. The molecule has 2 heterocycles. The molecule has 106 valence electrons. The fraction of sp³-hybridized carbons (Fsp3) is 0.471. The van der Waals surface area contributed by atoms with Gasteiger partial charge in [-0.15, -0.1) is 0 Å².